The van der Waals surface area contributed by atoms with Crippen molar-refractivity contribution in [3.63, 3.8) is 0 Å². The maximum atomic E-state index is 12.2. The van der Waals surface area contributed by atoms with Crippen LogP contribution in [0.3, 0.4) is 0 Å². The van der Waals surface area contributed by atoms with Crippen LogP contribution in [-0.4, -0.2) is 6.36 Å². The molecule has 0 amide bonds. The van der Waals surface area contributed by atoms with Crippen LogP contribution in [0.15, 0.2) is 72.8 Å². The van der Waals surface area contributed by atoms with Crippen LogP contribution in [0.25, 0.3) is 24.3 Å². The third-order valence-electron chi connectivity index (χ3n) is 4.03. The predicted octanol–water partition coefficient (Wildman–Crippen LogP) is 6.80. The highest BCUT2D eigenvalue weighted by atomic mass is 19.4. The molecule has 0 aliphatic rings. The number of ether oxygens (including phenoxy) is 1. The second-order valence-electron chi connectivity index (χ2n) is 6.18. The van der Waals surface area contributed by atoms with E-state index in [0.717, 1.165) is 22.3 Å². The van der Waals surface area contributed by atoms with Crippen molar-refractivity contribution >= 4 is 24.3 Å². The van der Waals surface area contributed by atoms with Gasteiger partial charge in [0.25, 0.3) is 0 Å². The molecular weight excluding hydrogens is 375 g/mol. The fraction of sp³-hybridized carbons (Fsp3) is 0.0417. The molecule has 2 nitrogen and oxygen atoms in total. The molecule has 0 unspecified atom stereocenters. The molecular formula is C24H16F3NO. The standard InChI is InChI=1S/C24H16F3NO/c25-24(26,27)29-23-15-13-21(14-16-23)8-7-19-3-1-18(2-4-19)5-6-20-9-11-22(17-28)12-10-20/h1-16H/b6-5+,8-7+. The Bertz CT molecular complexity index is 1040. The summed E-state index contributed by atoms with van der Waals surface area (Å²) >= 11 is 0. The average Bonchev–Trinajstić information content (AvgIpc) is 2.72. The van der Waals surface area contributed by atoms with Gasteiger partial charge in [-0.25, -0.2) is 0 Å². The van der Waals surface area contributed by atoms with Crippen molar-refractivity contribution in [1.82, 2.24) is 0 Å². The zero-order valence-electron chi connectivity index (χ0n) is 15.2. The zero-order valence-corrected chi connectivity index (χ0v) is 15.2. The summed E-state index contributed by atoms with van der Waals surface area (Å²) in [5.74, 6) is -0.243. The zero-order chi connectivity index (χ0) is 20.7. The quantitative estimate of drug-likeness (QED) is 0.448. The number of hydrogen-bond donors (Lipinski definition) is 0. The lowest BCUT2D eigenvalue weighted by atomic mass is 10.1. The summed E-state index contributed by atoms with van der Waals surface area (Å²) < 4.78 is 40.4. The molecule has 0 fully saturated rings. The molecule has 0 heterocycles. The summed E-state index contributed by atoms with van der Waals surface area (Å²) in [7, 11) is 0. The second-order valence-corrected chi connectivity index (χ2v) is 6.18. The Hall–Kier alpha value is -3.78. The Labute approximate surface area is 166 Å². The van der Waals surface area contributed by atoms with Crippen LogP contribution < -0.4 is 4.74 Å². The maximum absolute atomic E-state index is 12.2. The summed E-state index contributed by atoms with van der Waals surface area (Å²) in [6, 6.07) is 22.9. The number of benzene rings is 3. The van der Waals surface area contributed by atoms with Crippen LogP contribution in [0.2, 0.25) is 0 Å². The minimum absolute atomic E-state index is 0.243. The number of nitrogens with zero attached hydrogens (tertiary/aromatic N) is 1. The van der Waals surface area contributed by atoms with Crippen molar-refractivity contribution in [2.75, 3.05) is 0 Å². The largest absolute Gasteiger partial charge is 0.573 e. The number of halogens is 3. The van der Waals surface area contributed by atoms with Gasteiger partial charge in [0.15, 0.2) is 0 Å². The minimum Gasteiger partial charge on any atom is -0.406 e. The lowest BCUT2D eigenvalue weighted by Gasteiger charge is -2.08. The number of nitriles is 1. The van der Waals surface area contributed by atoms with Gasteiger partial charge in [-0.1, -0.05) is 72.8 Å². The third-order valence-corrected chi connectivity index (χ3v) is 4.03. The fourth-order valence-electron chi connectivity index (χ4n) is 2.55. The van der Waals surface area contributed by atoms with E-state index in [9.17, 15) is 13.2 Å². The van der Waals surface area contributed by atoms with Crippen molar-refractivity contribution in [3.8, 4) is 11.8 Å². The fourth-order valence-corrected chi connectivity index (χ4v) is 2.55. The topological polar surface area (TPSA) is 33.0 Å². The van der Waals surface area contributed by atoms with Crippen molar-refractivity contribution < 1.29 is 17.9 Å². The molecule has 5 heteroatoms. The predicted molar refractivity (Wildman–Crippen MR) is 109 cm³/mol. The summed E-state index contributed by atoms with van der Waals surface area (Å²) in [4.78, 5) is 0. The Morgan fingerprint density at radius 2 is 0.966 bits per heavy atom. The lowest BCUT2D eigenvalue weighted by molar-refractivity contribution is -0.274. The average molecular weight is 391 g/mol. The highest BCUT2D eigenvalue weighted by molar-refractivity contribution is 5.73. The minimum atomic E-state index is -4.69. The van der Waals surface area contributed by atoms with Crippen molar-refractivity contribution in [2.24, 2.45) is 0 Å². The van der Waals surface area contributed by atoms with Crippen LogP contribution in [0.5, 0.6) is 5.75 Å². The maximum Gasteiger partial charge on any atom is 0.573 e. The van der Waals surface area contributed by atoms with E-state index in [4.69, 9.17) is 5.26 Å². The summed E-state index contributed by atoms with van der Waals surface area (Å²) in [5.41, 5.74) is 4.40. The third kappa shape index (κ3) is 6.40. The summed E-state index contributed by atoms with van der Waals surface area (Å²) in [6.07, 6.45) is 2.96. The first-order valence-electron chi connectivity index (χ1n) is 8.73. The molecule has 0 aliphatic carbocycles. The smallest absolute Gasteiger partial charge is 0.406 e. The molecule has 0 bridgehead atoms. The van der Waals surface area contributed by atoms with E-state index in [1.54, 1.807) is 24.3 Å². The second kappa shape index (κ2) is 8.94. The molecule has 0 saturated carbocycles. The van der Waals surface area contributed by atoms with Crippen LogP contribution in [0.1, 0.15) is 27.8 Å². The molecule has 0 spiro atoms. The summed E-state index contributed by atoms with van der Waals surface area (Å²) in [5, 5.41) is 8.81. The molecule has 0 aliphatic heterocycles. The van der Waals surface area contributed by atoms with Gasteiger partial charge in [-0.3, -0.25) is 0 Å². The van der Waals surface area contributed by atoms with Gasteiger partial charge in [0.05, 0.1) is 11.6 Å². The van der Waals surface area contributed by atoms with Crippen LogP contribution >= 0.6 is 0 Å². The first-order valence-corrected chi connectivity index (χ1v) is 8.73. The highest BCUT2D eigenvalue weighted by Crippen LogP contribution is 2.23. The molecule has 0 atom stereocenters. The van der Waals surface area contributed by atoms with Crippen LogP contribution in [-0.2, 0) is 0 Å². The van der Waals surface area contributed by atoms with Gasteiger partial charge in [0, 0.05) is 0 Å². The van der Waals surface area contributed by atoms with E-state index in [2.05, 4.69) is 10.8 Å². The van der Waals surface area contributed by atoms with Gasteiger partial charge in [-0.05, 0) is 46.5 Å². The molecule has 29 heavy (non-hydrogen) atoms. The Morgan fingerprint density at radius 1 is 0.621 bits per heavy atom. The van der Waals surface area contributed by atoms with Crippen molar-refractivity contribution in [3.05, 3.63) is 101 Å². The number of alkyl halides is 3. The van der Waals surface area contributed by atoms with E-state index in [-0.39, 0.29) is 5.75 Å². The van der Waals surface area contributed by atoms with Gasteiger partial charge in [0.1, 0.15) is 5.75 Å². The molecule has 144 valence electrons. The van der Waals surface area contributed by atoms with E-state index >= 15 is 0 Å². The number of rotatable bonds is 5. The molecule has 3 aromatic carbocycles. The van der Waals surface area contributed by atoms with E-state index in [1.165, 1.54) is 12.1 Å². The Morgan fingerprint density at radius 3 is 1.31 bits per heavy atom. The molecule has 0 aromatic heterocycles. The molecule has 3 rings (SSSR count). The van der Waals surface area contributed by atoms with E-state index in [0.29, 0.717) is 5.56 Å². The number of hydrogen-bond acceptors (Lipinski definition) is 2. The monoisotopic (exact) mass is 391 g/mol. The molecule has 0 radical (unpaired) electrons. The first kappa shape index (κ1) is 20.0. The Kier molecular flexibility index (Phi) is 6.16. The van der Waals surface area contributed by atoms with Gasteiger partial charge >= 0.3 is 6.36 Å². The van der Waals surface area contributed by atoms with Crippen LogP contribution in [0, 0.1) is 11.3 Å². The SMILES string of the molecule is N#Cc1ccc(/C=C/c2ccc(/C=C/c3ccc(OC(F)(F)F)cc3)cc2)cc1. The summed E-state index contributed by atoms with van der Waals surface area (Å²) in [6.45, 7) is 0. The van der Waals surface area contributed by atoms with Crippen molar-refractivity contribution in [2.45, 2.75) is 6.36 Å². The van der Waals surface area contributed by atoms with Crippen molar-refractivity contribution in [1.29, 1.82) is 5.26 Å². The normalized spacial score (nSPS) is 11.7. The molecule has 0 saturated heterocycles. The lowest BCUT2D eigenvalue weighted by Crippen LogP contribution is -2.16. The van der Waals surface area contributed by atoms with Gasteiger partial charge in [-0.15, -0.1) is 13.2 Å². The molecule has 3 aromatic rings. The van der Waals surface area contributed by atoms with E-state index in [1.807, 2.05) is 60.7 Å². The van der Waals surface area contributed by atoms with E-state index < -0.39 is 6.36 Å². The first-order chi connectivity index (χ1) is 13.9. The van der Waals surface area contributed by atoms with Gasteiger partial charge < -0.3 is 4.74 Å². The highest BCUT2D eigenvalue weighted by Gasteiger charge is 2.30. The van der Waals surface area contributed by atoms with Gasteiger partial charge in [-0.2, -0.15) is 5.26 Å². The van der Waals surface area contributed by atoms with Gasteiger partial charge in [0.2, 0.25) is 0 Å². The molecule has 0 N–H and O–H groups in total. The van der Waals surface area contributed by atoms with Crippen LogP contribution in [0.4, 0.5) is 13.2 Å². The Balaban J connectivity index is 1.61.